The van der Waals surface area contributed by atoms with E-state index in [1.54, 1.807) is 18.2 Å². The number of hydrogen-bond acceptors (Lipinski definition) is 7. The van der Waals surface area contributed by atoms with Gasteiger partial charge in [-0.3, -0.25) is 9.59 Å². The molecular formula is C30H36N6O2. The maximum Gasteiger partial charge on any atom is 0.233 e. The largest absolute Gasteiger partial charge is 0.371 e. The summed E-state index contributed by atoms with van der Waals surface area (Å²) in [4.78, 5) is 39.1. The maximum atomic E-state index is 12.7. The molecule has 0 unspecified atom stereocenters. The number of rotatable bonds is 8. The molecule has 2 aliphatic rings. The molecule has 0 saturated carbocycles. The van der Waals surface area contributed by atoms with Gasteiger partial charge in [0.05, 0.1) is 6.42 Å². The third kappa shape index (κ3) is 6.68. The number of nitrogens with zero attached hydrogens (tertiary/aromatic N) is 4. The number of pyridine rings is 2. The van der Waals surface area contributed by atoms with E-state index in [2.05, 4.69) is 37.6 Å². The predicted molar refractivity (Wildman–Crippen MR) is 153 cm³/mol. The second-order valence-corrected chi connectivity index (χ2v) is 10.2. The fourth-order valence-electron chi connectivity index (χ4n) is 5.12. The molecule has 198 valence electrons. The standard InChI is InChI=1S/C30H36N6O2/c1-22-9-8-10-27(31-22)34-30(38)21-26(37)23-11-13-24(14-12-23)32-28-19-25(35-15-4-2-5-16-35)20-29(33-28)36-17-6-3-7-18-36/h8-14,19-20H,2-7,15-18,21H2,1H3,(H,32,33)(H,31,34,38). The first kappa shape index (κ1) is 25.7. The van der Waals surface area contributed by atoms with Crippen molar-refractivity contribution in [3.8, 4) is 0 Å². The van der Waals surface area contributed by atoms with Gasteiger partial charge in [0, 0.05) is 60.9 Å². The molecule has 0 radical (unpaired) electrons. The van der Waals surface area contributed by atoms with Crippen molar-refractivity contribution < 1.29 is 9.59 Å². The second kappa shape index (κ2) is 12.1. The lowest BCUT2D eigenvalue weighted by molar-refractivity contribution is -0.115. The minimum atomic E-state index is -0.376. The van der Waals surface area contributed by atoms with Crippen molar-refractivity contribution in [2.45, 2.75) is 51.9 Å². The molecule has 0 atom stereocenters. The van der Waals surface area contributed by atoms with Crippen molar-refractivity contribution in [2.24, 2.45) is 0 Å². The third-order valence-corrected chi connectivity index (χ3v) is 7.15. The van der Waals surface area contributed by atoms with Crippen LogP contribution in [0.1, 0.15) is 61.0 Å². The molecule has 4 heterocycles. The Morgan fingerprint density at radius 2 is 1.47 bits per heavy atom. The molecule has 1 amide bonds. The Kier molecular flexibility index (Phi) is 8.16. The predicted octanol–water partition coefficient (Wildman–Crippen LogP) is 5.72. The highest BCUT2D eigenvalue weighted by Gasteiger charge is 2.18. The number of Topliss-reactive ketones (excluding diaryl/α,β-unsaturated/α-hetero) is 1. The molecule has 2 fully saturated rings. The molecule has 5 rings (SSSR count). The Morgan fingerprint density at radius 1 is 0.789 bits per heavy atom. The highest BCUT2D eigenvalue weighted by Crippen LogP contribution is 2.30. The van der Waals surface area contributed by atoms with Gasteiger partial charge in [-0.05, 0) is 81.8 Å². The molecule has 2 saturated heterocycles. The summed E-state index contributed by atoms with van der Waals surface area (Å²) in [5.74, 6) is 1.66. The SMILES string of the molecule is Cc1cccc(NC(=O)CC(=O)c2ccc(Nc3cc(N4CCCCC4)cc(N4CCCCC4)n3)cc2)n1. The second-order valence-electron chi connectivity index (χ2n) is 10.2. The third-order valence-electron chi connectivity index (χ3n) is 7.15. The van der Waals surface area contributed by atoms with E-state index in [1.807, 2.05) is 31.2 Å². The fraction of sp³-hybridized carbons (Fsp3) is 0.400. The molecule has 3 aromatic rings. The summed E-state index contributed by atoms with van der Waals surface area (Å²) in [6.07, 6.45) is 7.18. The van der Waals surface area contributed by atoms with Crippen LogP contribution in [0.2, 0.25) is 0 Å². The Hall–Kier alpha value is -3.94. The smallest absolute Gasteiger partial charge is 0.233 e. The van der Waals surface area contributed by atoms with Crippen molar-refractivity contribution in [1.82, 2.24) is 9.97 Å². The van der Waals surface area contributed by atoms with E-state index in [0.717, 1.165) is 49.2 Å². The Balaban J connectivity index is 1.26. The van der Waals surface area contributed by atoms with Gasteiger partial charge in [0.15, 0.2) is 5.78 Å². The van der Waals surface area contributed by atoms with Crippen LogP contribution >= 0.6 is 0 Å². The monoisotopic (exact) mass is 512 g/mol. The number of aryl methyl sites for hydroxylation is 1. The summed E-state index contributed by atoms with van der Waals surface area (Å²) in [5.41, 5.74) is 3.36. The van der Waals surface area contributed by atoms with Crippen LogP contribution in [0.5, 0.6) is 0 Å². The van der Waals surface area contributed by atoms with Gasteiger partial charge in [-0.2, -0.15) is 0 Å². The quantitative estimate of drug-likeness (QED) is 0.295. The molecule has 2 aliphatic heterocycles. The summed E-state index contributed by atoms with van der Waals surface area (Å²) in [5, 5.41) is 6.14. The molecule has 0 spiro atoms. The number of amides is 1. The Labute approximate surface area is 224 Å². The van der Waals surface area contributed by atoms with Crippen LogP contribution in [0.4, 0.5) is 28.8 Å². The van der Waals surface area contributed by atoms with E-state index in [9.17, 15) is 9.59 Å². The van der Waals surface area contributed by atoms with Crippen molar-refractivity contribution in [3.63, 3.8) is 0 Å². The molecule has 2 aromatic heterocycles. The van der Waals surface area contributed by atoms with Gasteiger partial charge in [0.1, 0.15) is 17.5 Å². The zero-order chi connectivity index (χ0) is 26.3. The van der Waals surface area contributed by atoms with Crippen molar-refractivity contribution in [1.29, 1.82) is 0 Å². The van der Waals surface area contributed by atoms with Crippen LogP contribution in [0.3, 0.4) is 0 Å². The van der Waals surface area contributed by atoms with Crippen LogP contribution in [0.15, 0.2) is 54.6 Å². The molecule has 0 bridgehead atoms. The van der Waals surface area contributed by atoms with Gasteiger partial charge in [-0.25, -0.2) is 9.97 Å². The number of ketones is 1. The number of aromatic nitrogens is 2. The summed E-state index contributed by atoms with van der Waals surface area (Å²) in [6, 6.07) is 17.0. The van der Waals surface area contributed by atoms with E-state index >= 15 is 0 Å². The number of hydrogen-bond donors (Lipinski definition) is 2. The van der Waals surface area contributed by atoms with E-state index in [-0.39, 0.29) is 18.1 Å². The molecule has 8 nitrogen and oxygen atoms in total. The van der Waals surface area contributed by atoms with E-state index < -0.39 is 0 Å². The minimum absolute atomic E-state index is 0.235. The average molecular weight is 513 g/mol. The Morgan fingerprint density at radius 3 is 2.16 bits per heavy atom. The molecule has 1 aromatic carbocycles. The first-order valence-electron chi connectivity index (χ1n) is 13.7. The number of benzene rings is 1. The van der Waals surface area contributed by atoms with E-state index in [1.165, 1.54) is 44.2 Å². The van der Waals surface area contributed by atoms with E-state index in [0.29, 0.717) is 11.4 Å². The number of nitrogens with one attached hydrogen (secondary N) is 2. The summed E-state index contributed by atoms with van der Waals surface area (Å²) >= 11 is 0. The number of anilines is 5. The van der Waals surface area contributed by atoms with Gasteiger partial charge >= 0.3 is 0 Å². The molecule has 0 aliphatic carbocycles. The fourth-order valence-corrected chi connectivity index (χ4v) is 5.12. The molecule has 2 N–H and O–H groups in total. The lowest BCUT2D eigenvalue weighted by Gasteiger charge is -2.32. The van der Waals surface area contributed by atoms with Crippen molar-refractivity contribution >= 4 is 40.5 Å². The van der Waals surface area contributed by atoms with Crippen LogP contribution in [-0.2, 0) is 4.79 Å². The maximum absolute atomic E-state index is 12.7. The number of piperidine rings is 2. The Bertz CT molecular complexity index is 1230. The van der Waals surface area contributed by atoms with E-state index in [4.69, 9.17) is 4.98 Å². The number of carbonyl (C=O) groups excluding carboxylic acids is 2. The molecular weight excluding hydrogens is 476 g/mol. The zero-order valence-electron chi connectivity index (χ0n) is 22.1. The van der Waals surface area contributed by atoms with Crippen molar-refractivity contribution in [3.05, 3.63) is 65.9 Å². The normalized spacial score (nSPS) is 15.7. The molecule has 8 heteroatoms. The highest BCUT2D eigenvalue weighted by molar-refractivity contribution is 6.10. The summed E-state index contributed by atoms with van der Waals surface area (Å²) < 4.78 is 0. The first-order chi connectivity index (χ1) is 18.5. The average Bonchev–Trinajstić information content (AvgIpc) is 2.94. The van der Waals surface area contributed by atoms with Crippen molar-refractivity contribution in [2.75, 3.05) is 46.6 Å². The number of carbonyl (C=O) groups is 2. The lowest BCUT2D eigenvalue weighted by atomic mass is 10.1. The van der Waals surface area contributed by atoms with Gasteiger partial charge in [0.2, 0.25) is 5.91 Å². The minimum Gasteiger partial charge on any atom is -0.371 e. The van der Waals surface area contributed by atoms with Crippen LogP contribution in [-0.4, -0.2) is 47.8 Å². The van der Waals surface area contributed by atoms with Crippen LogP contribution in [0, 0.1) is 6.92 Å². The van der Waals surface area contributed by atoms with Gasteiger partial charge in [0.25, 0.3) is 0 Å². The van der Waals surface area contributed by atoms with Gasteiger partial charge < -0.3 is 20.4 Å². The van der Waals surface area contributed by atoms with Gasteiger partial charge in [-0.1, -0.05) is 6.07 Å². The topological polar surface area (TPSA) is 90.5 Å². The lowest BCUT2D eigenvalue weighted by Crippen LogP contribution is -2.32. The zero-order valence-corrected chi connectivity index (χ0v) is 22.1. The van der Waals surface area contributed by atoms with Crippen LogP contribution < -0.4 is 20.4 Å². The summed E-state index contributed by atoms with van der Waals surface area (Å²) in [6.45, 7) is 6.09. The first-order valence-corrected chi connectivity index (χ1v) is 13.7. The highest BCUT2D eigenvalue weighted by atomic mass is 16.2. The van der Waals surface area contributed by atoms with Crippen LogP contribution in [0.25, 0.3) is 0 Å². The van der Waals surface area contributed by atoms with Gasteiger partial charge in [-0.15, -0.1) is 0 Å². The summed E-state index contributed by atoms with van der Waals surface area (Å²) in [7, 11) is 0. The molecule has 38 heavy (non-hydrogen) atoms.